The number of ether oxygens (including phenoxy) is 1. The minimum absolute atomic E-state index is 0.0682. The minimum atomic E-state index is 0.0682. The van der Waals surface area contributed by atoms with E-state index in [0.29, 0.717) is 17.6 Å². The summed E-state index contributed by atoms with van der Waals surface area (Å²) in [5, 5.41) is 3.01. The number of hydrogen-bond acceptors (Lipinski definition) is 6. The van der Waals surface area contributed by atoms with Gasteiger partial charge in [0.25, 0.3) is 5.91 Å². The van der Waals surface area contributed by atoms with Crippen LogP contribution >= 0.6 is 0 Å². The van der Waals surface area contributed by atoms with Crippen LogP contribution in [0.2, 0.25) is 0 Å². The monoisotopic (exact) mass is 345 g/mol. The highest BCUT2D eigenvalue weighted by molar-refractivity contribution is 5.94. The molecule has 7 nitrogen and oxygen atoms in total. The number of fused-ring (bicyclic) bond motifs is 1. The Morgan fingerprint density at radius 2 is 2.12 bits per heavy atom. The number of anilines is 1. The molecule has 1 aromatic heterocycles. The highest BCUT2D eigenvalue weighted by atomic mass is 16.5. The predicted octanol–water partition coefficient (Wildman–Crippen LogP) is 1.15. The summed E-state index contributed by atoms with van der Waals surface area (Å²) in [7, 11) is 1.81. The van der Waals surface area contributed by atoms with E-state index in [0.717, 1.165) is 82.9 Å². The van der Waals surface area contributed by atoms with Gasteiger partial charge >= 0.3 is 0 Å². The lowest BCUT2D eigenvalue weighted by Crippen LogP contribution is -2.38. The highest BCUT2D eigenvalue weighted by Gasteiger charge is 2.30. The second-order valence-corrected chi connectivity index (χ2v) is 7.29. The van der Waals surface area contributed by atoms with Crippen molar-refractivity contribution in [3.8, 4) is 0 Å². The van der Waals surface area contributed by atoms with Crippen molar-refractivity contribution in [1.29, 1.82) is 0 Å². The molecule has 0 aliphatic carbocycles. The van der Waals surface area contributed by atoms with Crippen molar-refractivity contribution in [3.05, 3.63) is 17.0 Å². The van der Waals surface area contributed by atoms with Crippen LogP contribution in [0.15, 0.2) is 0 Å². The normalized spacial score (nSPS) is 23.7. The van der Waals surface area contributed by atoms with E-state index in [4.69, 9.17) is 4.74 Å². The van der Waals surface area contributed by atoms with E-state index in [1.807, 2.05) is 4.90 Å². The maximum absolute atomic E-state index is 13.0. The molecule has 0 aromatic carbocycles. The molecule has 1 N–H and O–H groups in total. The third-order valence-electron chi connectivity index (χ3n) is 5.50. The predicted molar refractivity (Wildman–Crippen MR) is 94.6 cm³/mol. The fraction of sp³-hybridized carbons (Fsp3) is 0.722. The largest absolute Gasteiger partial charge is 0.381 e. The van der Waals surface area contributed by atoms with Crippen molar-refractivity contribution in [3.63, 3.8) is 0 Å². The fourth-order valence-corrected chi connectivity index (χ4v) is 4.08. The molecule has 0 radical (unpaired) electrons. The van der Waals surface area contributed by atoms with Gasteiger partial charge in [-0.2, -0.15) is 0 Å². The summed E-state index contributed by atoms with van der Waals surface area (Å²) in [5.41, 5.74) is 2.66. The fourth-order valence-electron chi connectivity index (χ4n) is 4.08. The van der Waals surface area contributed by atoms with Gasteiger partial charge in [-0.15, -0.1) is 0 Å². The molecule has 4 rings (SSSR count). The second kappa shape index (κ2) is 7.25. The Morgan fingerprint density at radius 3 is 2.84 bits per heavy atom. The van der Waals surface area contributed by atoms with Gasteiger partial charge in [0.1, 0.15) is 5.69 Å². The van der Waals surface area contributed by atoms with Crippen LogP contribution in [0.1, 0.15) is 41.0 Å². The zero-order valence-electron chi connectivity index (χ0n) is 15.0. The Kier molecular flexibility index (Phi) is 4.85. The topological polar surface area (TPSA) is 70.6 Å². The molecule has 0 saturated carbocycles. The van der Waals surface area contributed by atoms with Crippen molar-refractivity contribution < 1.29 is 9.53 Å². The van der Waals surface area contributed by atoms with Gasteiger partial charge in [-0.1, -0.05) is 0 Å². The number of likely N-dealkylation sites (tertiary alicyclic amines) is 1. The van der Waals surface area contributed by atoms with Crippen LogP contribution in [0, 0.1) is 5.92 Å². The first kappa shape index (κ1) is 16.7. The Hall–Kier alpha value is -1.73. The number of carbonyl (C=O) groups excluding carboxylic acids is 1. The van der Waals surface area contributed by atoms with Gasteiger partial charge in [0.2, 0.25) is 5.95 Å². The van der Waals surface area contributed by atoms with E-state index in [1.165, 1.54) is 0 Å². The molecule has 2 fully saturated rings. The zero-order chi connectivity index (χ0) is 17.2. The van der Waals surface area contributed by atoms with Crippen molar-refractivity contribution in [1.82, 2.24) is 19.8 Å². The van der Waals surface area contributed by atoms with Crippen LogP contribution in [0.25, 0.3) is 0 Å². The Balaban J connectivity index is 1.59. The molecule has 3 aliphatic rings. The van der Waals surface area contributed by atoms with E-state index in [-0.39, 0.29) is 5.91 Å². The van der Waals surface area contributed by atoms with Crippen LogP contribution in [0.4, 0.5) is 5.95 Å². The summed E-state index contributed by atoms with van der Waals surface area (Å²) in [5.74, 6) is 1.23. The van der Waals surface area contributed by atoms with Gasteiger partial charge in [-0.05, 0) is 25.2 Å². The molecule has 3 aliphatic heterocycles. The molecule has 1 atom stereocenters. The Morgan fingerprint density at radius 1 is 1.28 bits per heavy atom. The first-order valence-electron chi connectivity index (χ1n) is 9.41. The number of carbonyl (C=O) groups is 1. The molecule has 4 heterocycles. The summed E-state index contributed by atoms with van der Waals surface area (Å²) in [6.07, 6.45) is 4.19. The van der Waals surface area contributed by atoms with E-state index >= 15 is 0 Å². The third kappa shape index (κ3) is 3.48. The standard InChI is InChI=1S/C18H27N5O2/c1-19-18-20-15-4-8-22(10-13-5-9-25-12-13)11-14(15)16(21-18)17(24)23-6-2-3-7-23/h13H,2-12H2,1H3,(H,19,20,21)/t13-/m1/s1. The summed E-state index contributed by atoms with van der Waals surface area (Å²) < 4.78 is 5.51. The lowest BCUT2D eigenvalue weighted by molar-refractivity contribution is 0.0782. The molecule has 0 unspecified atom stereocenters. The quantitative estimate of drug-likeness (QED) is 0.883. The summed E-state index contributed by atoms with van der Waals surface area (Å²) in [6.45, 7) is 6.21. The molecule has 7 heteroatoms. The molecule has 25 heavy (non-hydrogen) atoms. The first-order valence-corrected chi connectivity index (χ1v) is 9.41. The highest BCUT2D eigenvalue weighted by Crippen LogP contribution is 2.25. The minimum Gasteiger partial charge on any atom is -0.381 e. The van der Waals surface area contributed by atoms with Gasteiger partial charge in [-0.3, -0.25) is 9.69 Å². The van der Waals surface area contributed by atoms with E-state index in [2.05, 4.69) is 20.2 Å². The number of hydrogen-bond donors (Lipinski definition) is 1. The average molecular weight is 345 g/mol. The van der Waals surface area contributed by atoms with Crippen molar-refractivity contribution >= 4 is 11.9 Å². The number of amides is 1. The average Bonchev–Trinajstić information content (AvgIpc) is 3.34. The van der Waals surface area contributed by atoms with Crippen LogP contribution in [0.5, 0.6) is 0 Å². The molecule has 1 amide bonds. The van der Waals surface area contributed by atoms with Crippen LogP contribution in [0.3, 0.4) is 0 Å². The molecule has 0 bridgehead atoms. The second-order valence-electron chi connectivity index (χ2n) is 7.29. The molecule has 0 spiro atoms. The van der Waals surface area contributed by atoms with Crippen molar-refractivity contribution in [2.75, 3.05) is 51.8 Å². The van der Waals surface area contributed by atoms with Crippen LogP contribution < -0.4 is 5.32 Å². The van der Waals surface area contributed by atoms with Gasteiger partial charge < -0.3 is 15.0 Å². The van der Waals surface area contributed by atoms with Gasteiger partial charge in [0, 0.05) is 58.4 Å². The van der Waals surface area contributed by atoms with E-state index < -0.39 is 0 Å². The lowest BCUT2D eigenvalue weighted by Gasteiger charge is -2.31. The lowest BCUT2D eigenvalue weighted by atomic mass is 10.0. The number of rotatable bonds is 4. The number of aromatic nitrogens is 2. The molecule has 136 valence electrons. The third-order valence-corrected chi connectivity index (χ3v) is 5.50. The van der Waals surface area contributed by atoms with Gasteiger partial charge in [0.15, 0.2) is 0 Å². The van der Waals surface area contributed by atoms with Gasteiger partial charge in [0.05, 0.1) is 12.3 Å². The molecular weight excluding hydrogens is 318 g/mol. The summed E-state index contributed by atoms with van der Waals surface area (Å²) >= 11 is 0. The number of nitrogens with zero attached hydrogens (tertiary/aromatic N) is 4. The number of nitrogens with one attached hydrogen (secondary N) is 1. The molecule has 2 saturated heterocycles. The Bertz CT molecular complexity index is 639. The Labute approximate surface area is 148 Å². The van der Waals surface area contributed by atoms with Crippen LogP contribution in [-0.2, 0) is 17.7 Å². The van der Waals surface area contributed by atoms with E-state index in [9.17, 15) is 4.79 Å². The summed E-state index contributed by atoms with van der Waals surface area (Å²) in [6, 6.07) is 0. The maximum Gasteiger partial charge on any atom is 0.273 e. The zero-order valence-corrected chi connectivity index (χ0v) is 15.0. The van der Waals surface area contributed by atoms with Crippen molar-refractivity contribution in [2.45, 2.75) is 32.2 Å². The molecular formula is C18H27N5O2. The van der Waals surface area contributed by atoms with Gasteiger partial charge in [-0.25, -0.2) is 9.97 Å². The first-order chi connectivity index (χ1) is 12.2. The smallest absolute Gasteiger partial charge is 0.273 e. The van der Waals surface area contributed by atoms with Crippen molar-refractivity contribution in [2.24, 2.45) is 5.92 Å². The molecule has 1 aromatic rings. The van der Waals surface area contributed by atoms with Crippen LogP contribution in [-0.4, -0.2) is 72.1 Å². The summed E-state index contributed by atoms with van der Waals surface area (Å²) in [4.78, 5) is 26.6. The SMILES string of the molecule is CNc1nc2c(c(C(=O)N3CCCC3)n1)CN(C[C@H]1CCOC1)CC2. The van der Waals surface area contributed by atoms with E-state index in [1.54, 1.807) is 7.05 Å². The maximum atomic E-state index is 13.0.